The lowest BCUT2D eigenvalue weighted by Gasteiger charge is -2.06. The first-order chi connectivity index (χ1) is 11.5. The summed E-state index contributed by atoms with van der Waals surface area (Å²) in [7, 11) is 1.79. The van der Waals surface area contributed by atoms with Crippen LogP contribution in [0.1, 0.15) is 16.1 Å². The Morgan fingerprint density at radius 3 is 2.58 bits per heavy atom. The quantitative estimate of drug-likeness (QED) is 0.568. The van der Waals surface area contributed by atoms with Crippen LogP contribution in [0.4, 0.5) is 0 Å². The standard InChI is InChI=1S/C18H18N4O2/c1-22-15-8-7-14(24-11-12-5-3-2-4-6-12)9-13(15)10-16(22)17(23)21-18(19)20/h2-10H,11H2,1H3,(H4,19,20,21,23). The zero-order valence-corrected chi connectivity index (χ0v) is 13.3. The topological polar surface area (TPSA) is 95.6 Å². The molecule has 3 rings (SSSR count). The molecular formula is C18H18N4O2. The molecular weight excluding hydrogens is 304 g/mol. The Balaban J connectivity index is 1.86. The van der Waals surface area contributed by atoms with Gasteiger partial charge < -0.3 is 20.8 Å². The van der Waals surface area contributed by atoms with Gasteiger partial charge in [-0.2, -0.15) is 4.99 Å². The minimum Gasteiger partial charge on any atom is -0.489 e. The van der Waals surface area contributed by atoms with Gasteiger partial charge in [-0.15, -0.1) is 0 Å². The highest BCUT2D eigenvalue weighted by Gasteiger charge is 2.13. The van der Waals surface area contributed by atoms with Crippen molar-refractivity contribution >= 4 is 22.8 Å². The van der Waals surface area contributed by atoms with Gasteiger partial charge in [-0.1, -0.05) is 30.3 Å². The summed E-state index contributed by atoms with van der Waals surface area (Å²) in [6.07, 6.45) is 0. The third-order valence-corrected chi connectivity index (χ3v) is 3.71. The van der Waals surface area contributed by atoms with E-state index >= 15 is 0 Å². The SMILES string of the molecule is Cn1c(C(=O)N=C(N)N)cc2cc(OCc3ccccc3)ccc21. The van der Waals surface area contributed by atoms with Gasteiger partial charge >= 0.3 is 0 Å². The fourth-order valence-electron chi connectivity index (χ4n) is 2.54. The molecule has 1 aromatic heterocycles. The Labute approximate surface area is 139 Å². The predicted molar refractivity (Wildman–Crippen MR) is 93.8 cm³/mol. The molecule has 0 fully saturated rings. The number of amides is 1. The molecule has 1 heterocycles. The Bertz CT molecular complexity index is 909. The van der Waals surface area contributed by atoms with Gasteiger partial charge in [0.25, 0.3) is 5.91 Å². The average Bonchev–Trinajstić information content (AvgIpc) is 2.90. The Morgan fingerprint density at radius 1 is 1.12 bits per heavy atom. The van der Waals surface area contributed by atoms with Crippen molar-refractivity contribution in [1.29, 1.82) is 0 Å². The molecule has 0 aliphatic carbocycles. The van der Waals surface area contributed by atoms with E-state index in [2.05, 4.69) is 4.99 Å². The minimum absolute atomic E-state index is 0.253. The molecule has 3 aromatic rings. The number of guanidine groups is 1. The molecule has 6 nitrogen and oxygen atoms in total. The molecule has 0 spiro atoms. The van der Waals surface area contributed by atoms with Crippen LogP contribution in [0, 0.1) is 0 Å². The molecule has 0 aliphatic heterocycles. The highest BCUT2D eigenvalue weighted by Crippen LogP contribution is 2.25. The Morgan fingerprint density at radius 2 is 1.88 bits per heavy atom. The summed E-state index contributed by atoms with van der Waals surface area (Å²) in [5.74, 6) is 0.00962. The lowest BCUT2D eigenvalue weighted by Crippen LogP contribution is -2.24. The normalized spacial score (nSPS) is 10.5. The van der Waals surface area contributed by atoms with E-state index in [0.29, 0.717) is 12.3 Å². The number of aryl methyl sites for hydroxylation is 1. The molecule has 2 aromatic carbocycles. The van der Waals surface area contributed by atoms with E-state index in [4.69, 9.17) is 16.2 Å². The fourth-order valence-corrected chi connectivity index (χ4v) is 2.54. The van der Waals surface area contributed by atoms with E-state index in [1.165, 1.54) is 0 Å². The maximum atomic E-state index is 12.0. The second kappa shape index (κ2) is 6.45. The third kappa shape index (κ3) is 3.22. The molecule has 0 radical (unpaired) electrons. The van der Waals surface area contributed by atoms with Crippen molar-refractivity contribution in [3.63, 3.8) is 0 Å². The van der Waals surface area contributed by atoms with Crippen molar-refractivity contribution in [1.82, 2.24) is 4.57 Å². The number of aliphatic imine (C=N–C) groups is 1. The van der Waals surface area contributed by atoms with E-state index in [0.717, 1.165) is 22.2 Å². The maximum absolute atomic E-state index is 12.0. The number of hydrogen-bond acceptors (Lipinski definition) is 2. The van der Waals surface area contributed by atoms with Crippen molar-refractivity contribution in [3.8, 4) is 5.75 Å². The molecule has 0 unspecified atom stereocenters. The fraction of sp³-hybridized carbons (Fsp3) is 0.111. The lowest BCUT2D eigenvalue weighted by atomic mass is 10.2. The summed E-state index contributed by atoms with van der Waals surface area (Å²) in [5, 5.41) is 0.886. The zero-order chi connectivity index (χ0) is 17.1. The van der Waals surface area contributed by atoms with Crippen molar-refractivity contribution in [2.24, 2.45) is 23.5 Å². The molecule has 4 N–H and O–H groups in total. The van der Waals surface area contributed by atoms with Gasteiger partial charge in [0, 0.05) is 18.0 Å². The Hall–Kier alpha value is -3.28. The molecule has 0 saturated carbocycles. The monoisotopic (exact) mass is 322 g/mol. The van der Waals surface area contributed by atoms with Crippen molar-refractivity contribution < 1.29 is 9.53 Å². The van der Waals surface area contributed by atoms with E-state index in [9.17, 15) is 4.79 Å². The van der Waals surface area contributed by atoms with Gasteiger partial charge in [-0.05, 0) is 29.8 Å². The van der Waals surface area contributed by atoms with Crippen LogP contribution in [0.5, 0.6) is 5.75 Å². The largest absolute Gasteiger partial charge is 0.489 e. The highest BCUT2D eigenvalue weighted by molar-refractivity contribution is 6.04. The van der Waals surface area contributed by atoms with Crippen LogP contribution in [0.2, 0.25) is 0 Å². The second-order valence-corrected chi connectivity index (χ2v) is 5.43. The molecule has 1 amide bonds. The number of carbonyl (C=O) groups is 1. The summed E-state index contributed by atoms with van der Waals surface area (Å²) < 4.78 is 7.57. The predicted octanol–water partition coefficient (Wildman–Crippen LogP) is 2.17. The number of nitrogens with zero attached hydrogens (tertiary/aromatic N) is 2. The summed E-state index contributed by atoms with van der Waals surface area (Å²) >= 11 is 0. The summed E-state index contributed by atoms with van der Waals surface area (Å²) in [5.41, 5.74) is 12.9. The van der Waals surface area contributed by atoms with E-state index in [1.54, 1.807) is 17.7 Å². The number of nitrogens with two attached hydrogens (primary N) is 2. The third-order valence-electron chi connectivity index (χ3n) is 3.71. The summed E-state index contributed by atoms with van der Waals surface area (Å²) in [6, 6.07) is 17.3. The van der Waals surface area contributed by atoms with Crippen molar-refractivity contribution in [3.05, 3.63) is 65.9 Å². The van der Waals surface area contributed by atoms with Gasteiger partial charge in [0.2, 0.25) is 0 Å². The van der Waals surface area contributed by atoms with Crippen LogP contribution in [0.15, 0.2) is 59.6 Å². The van der Waals surface area contributed by atoms with Crippen LogP contribution in [-0.2, 0) is 13.7 Å². The first kappa shape index (κ1) is 15.6. The number of ether oxygens (including phenoxy) is 1. The second-order valence-electron chi connectivity index (χ2n) is 5.43. The molecule has 122 valence electrons. The average molecular weight is 322 g/mol. The van der Waals surface area contributed by atoms with Crippen molar-refractivity contribution in [2.75, 3.05) is 0 Å². The van der Waals surface area contributed by atoms with Gasteiger partial charge in [0.1, 0.15) is 18.1 Å². The van der Waals surface area contributed by atoms with Gasteiger partial charge in [0.05, 0.1) is 0 Å². The van der Waals surface area contributed by atoms with Crippen LogP contribution < -0.4 is 16.2 Å². The molecule has 0 saturated heterocycles. The van der Waals surface area contributed by atoms with E-state index in [-0.39, 0.29) is 5.96 Å². The van der Waals surface area contributed by atoms with Gasteiger partial charge in [0.15, 0.2) is 5.96 Å². The number of carbonyl (C=O) groups excluding carboxylic acids is 1. The highest BCUT2D eigenvalue weighted by atomic mass is 16.5. The molecule has 0 aliphatic rings. The summed E-state index contributed by atoms with van der Waals surface area (Å²) in [6.45, 7) is 0.485. The molecule has 6 heteroatoms. The first-order valence-electron chi connectivity index (χ1n) is 7.45. The first-order valence-corrected chi connectivity index (χ1v) is 7.45. The zero-order valence-electron chi connectivity index (χ0n) is 13.3. The van der Waals surface area contributed by atoms with Crippen LogP contribution in [-0.4, -0.2) is 16.4 Å². The Kier molecular flexibility index (Phi) is 4.20. The lowest BCUT2D eigenvalue weighted by molar-refractivity contribution is 0.0995. The maximum Gasteiger partial charge on any atom is 0.296 e. The number of hydrogen-bond donors (Lipinski definition) is 2. The van der Waals surface area contributed by atoms with Crippen LogP contribution in [0.3, 0.4) is 0 Å². The smallest absolute Gasteiger partial charge is 0.296 e. The van der Waals surface area contributed by atoms with Gasteiger partial charge in [-0.25, -0.2) is 0 Å². The number of aromatic nitrogens is 1. The molecule has 0 bridgehead atoms. The van der Waals surface area contributed by atoms with Crippen LogP contribution >= 0.6 is 0 Å². The summed E-state index contributed by atoms with van der Waals surface area (Å²) in [4.78, 5) is 15.6. The number of benzene rings is 2. The van der Waals surface area contributed by atoms with Gasteiger partial charge in [-0.3, -0.25) is 4.79 Å². The van der Waals surface area contributed by atoms with Crippen LogP contribution in [0.25, 0.3) is 10.9 Å². The molecule has 0 atom stereocenters. The van der Waals surface area contributed by atoms with E-state index in [1.807, 2.05) is 48.5 Å². The van der Waals surface area contributed by atoms with Crippen molar-refractivity contribution in [2.45, 2.75) is 6.61 Å². The van der Waals surface area contributed by atoms with E-state index < -0.39 is 5.91 Å². The molecule has 24 heavy (non-hydrogen) atoms. The number of rotatable bonds is 4. The number of fused-ring (bicyclic) bond motifs is 1. The minimum atomic E-state index is -0.472.